The van der Waals surface area contributed by atoms with Crippen molar-refractivity contribution in [3.05, 3.63) is 69.0 Å². The summed E-state index contributed by atoms with van der Waals surface area (Å²) in [4.78, 5) is 41.1. The zero-order chi connectivity index (χ0) is 21.3. The molecule has 0 aliphatic carbocycles. The van der Waals surface area contributed by atoms with Crippen LogP contribution in [0, 0.1) is 0 Å². The number of fused-ring (bicyclic) bond motifs is 2. The lowest BCUT2D eigenvalue weighted by Gasteiger charge is -2.26. The molecule has 0 amide bonds. The van der Waals surface area contributed by atoms with E-state index in [0.29, 0.717) is 10.9 Å². The molecule has 30 heavy (non-hydrogen) atoms. The molecule has 0 atom stereocenters. The van der Waals surface area contributed by atoms with Gasteiger partial charge < -0.3 is 14.6 Å². The number of nitrogens with zero attached hydrogens (tertiary/aromatic N) is 3. The number of hydrogen-bond donors (Lipinski definition) is 1. The molecule has 0 saturated heterocycles. The van der Waals surface area contributed by atoms with Gasteiger partial charge in [0.2, 0.25) is 0 Å². The average Bonchev–Trinajstić information content (AvgIpc) is 2.72. The first kappa shape index (κ1) is 19.8. The summed E-state index contributed by atoms with van der Waals surface area (Å²) >= 11 is 0. The SMILES string of the molecule is O=C(OCCCn1c(=O)[nH]c2ccccc2c1=O)C1=CN2CCS(=O)(=O)N=C2C=C1. The smallest absolute Gasteiger partial charge is 0.339 e. The van der Waals surface area contributed by atoms with Crippen LogP contribution >= 0.6 is 0 Å². The van der Waals surface area contributed by atoms with E-state index in [9.17, 15) is 22.8 Å². The Labute approximate surface area is 170 Å². The number of hydrogen-bond acceptors (Lipinski definition) is 7. The van der Waals surface area contributed by atoms with Crippen molar-refractivity contribution in [1.82, 2.24) is 14.5 Å². The molecular weight excluding hydrogens is 412 g/mol. The summed E-state index contributed by atoms with van der Waals surface area (Å²) in [5, 5.41) is 0.410. The third kappa shape index (κ3) is 3.96. The molecule has 1 aromatic carbocycles. The van der Waals surface area contributed by atoms with Crippen molar-refractivity contribution in [3.63, 3.8) is 0 Å². The Bertz CT molecular complexity index is 1330. The van der Waals surface area contributed by atoms with Crippen LogP contribution in [0.5, 0.6) is 0 Å². The fraction of sp³-hybridized carbons (Fsp3) is 0.263. The van der Waals surface area contributed by atoms with Gasteiger partial charge in [-0.2, -0.15) is 0 Å². The summed E-state index contributed by atoms with van der Waals surface area (Å²) in [6.07, 6.45) is 4.66. The quantitative estimate of drug-likeness (QED) is 0.527. The van der Waals surface area contributed by atoms with Gasteiger partial charge in [-0.15, -0.1) is 4.40 Å². The van der Waals surface area contributed by atoms with Crippen molar-refractivity contribution in [2.75, 3.05) is 18.9 Å². The summed E-state index contributed by atoms with van der Waals surface area (Å²) in [6, 6.07) is 6.74. The molecule has 156 valence electrons. The molecule has 0 saturated carbocycles. The average molecular weight is 430 g/mol. The molecule has 10 nitrogen and oxygen atoms in total. The molecule has 2 aromatic rings. The number of aromatic amines is 1. The third-order valence-corrected chi connectivity index (χ3v) is 5.87. The molecule has 4 rings (SSSR count). The molecule has 0 bridgehead atoms. The predicted octanol–water partition coefficient (Wildman–Crippen LogP) is 0.121. The lowest BCUT2D eigenvalue weighted by Crippen LogP contribution is -2.37. The molecular formula is C19H18N4O6S. The van der Waals surface area contributed by atoms with E-state index in [0.717, 1.165) is 4.57 Å². The highest BCUT2D eigenvalue weighted by Gasteiger charge is 2.25. The minimum absolute atomic E-state index is 0.0120. The lowest BCUT2D eigenvalue weighted by molar-refractivity contribution is -0.138. The number of ether oxygens (including phenoxy) is 1. The van der Waals surface area contributed by atoms with Gasteiger partial charge in [0.1, 0.15) is 5.84 Å². The maximum absolute atomic E-state index is 12.5. The van der Waals surface area contributed by atoms with Gasteiger partial charge in [-0.05, 0) is 30.7 Å². The van der Waals surface area contributed by atoms with Crippen LogP contribution in [0.25, 0.3) is 10.9 Å². The number of carbonyl (C=O) groups is 1. The van der Waals surface area contributed by atoms with Crippen molar-refractivity contribution in [1.29, 1.82) is 0 Å². The Hall–Kier alpha value is -3.47. The van der Waals surface area contributed by atoms with E-state index in [1.54, 1.807) is 29.2 Å². The van der Waals surface area contributed by atoms with Crippen LogP contribution in [0.4, 0.5) is 0 Å². The number of aromatic nitrogens is 2. The van der Waals surface area contributed by atoms with Crippen molar-refractivity contribution < 1.29 is 17.9 Å². The van der Waals surface area contributed by atoms with Gasteiger partial charge in [-0.3, -0.25) is 9.36 Å². The molecule has 11 heteroatoms. The number of H-pyrrole nitrogens is 1. The Morgan fingerprint density at radius 1 is 1.20 bits per heavy atom. The highest BCUT2D eigenvalue weighted by atomic mass is 32.2. The summed E-state index contributed by atoms with van der Waals surface area (Å²) in [6.45, 7) is 0.315. The number of para-hydroxylation sites is 1. The van der Waals surface area contributed by atoms with E-state index in [2.05, 4.69) is 9.38 Å². The maximum Gasteiger partial charge on any atom is 0.339 e. The predicted molar refractivity (Wildman–Crippen MR) is 110 cm³/mol. The summed E-state index contributed by atoms with van der Waals surface area (Å²) in [5.74, 6) is -0.454. The van der Waals surface area contributed by atoms with Gasteiger partial charge in [0, 0.05) is 19.3 Å². The van der Waals surface area contributed by atoms with Crippen LogP contribution in [0.2, 0.25) is 0 Å². The first-order chi connectivity index (χ1) is 14.3. The molecule has 0 unspecified atom stereocenters. The molecule has 1 aromatic heterocycles. The minimum atomic E-state index is -3.46. The molecule has 0 spiro atoms. The highest BCUT2D eigenvalue weighted by Crippen LogP contribution is 2.16. The fourth-order valence-electron chi connectivity index (χ4n) is 3.19. The third-order valence-electron chi connectivity index (χ3n) is 4.71. The van der Waals surface area contributed by atoms with E-state index in [1.807, 2.05) is 0 Å². The maximum atomic E-state index is 12.5. The van der Waals surface area contributed by atoms with Crippen LogP contribution in [-0.4, -0.2) is 53.6 Å². The monoisotopic (exact) mass is 430 g/mol. The van der Waals surface area contributed by atoms with Crippen molar-refractivity contribution >= 4 is 32.7 Å². The number of rotatable bonds is 5. The Kier molecular flexibility index (Phi) is 5.12. The summed E-state index contributed by atoms with van der Waals surface area (Å²) < 4.78 is 33.0. The van der Waals surface area contributed by atoms with Crippen molar-refractivity contribution in [3.8, 4) is 0 Å². The number of nitrogens with one attached hydrogen (secondary N) is 1. The van der Waals surface area contributed by atoms with E-state index in [1.165, 1.54) is 18.4 Å². The number of esters is 1. The second-order valence-corrected chi connectivity index (χ2v) is 8.52. The minimum Gasteiger partial charge on any atom is -0.462 e. The fourth-order valence-corrected chi connectivity index (χ4v) is 4.16. The largest absolute Gasteiger partial charge is 0.462 e. The van der Waals surface area contributed by atoms with Crippen LogP contribution in [-0.2, 0) is 26.1 Å². The van der Waals surface area contributed by atoms with Gasteiger partial charge in [0.05, 0.1) is 28.8 Å². The van der Waals surface area contributed by atoms with Crippen LogP contribution in [0.3, 0.4) is 0 Å². The summed E-state index contributed by atoms with van der Waals surface area (Å²) in [7, 11) is -3.46. The van der Waals surface area contributed by atoms with Gasteiger partial charge in [0.15, 0.2) is 0 Å². The number of benzene rings is 1. The van der Waals surface area contributed by atoms with Crippen molar-refractivity contribution in [2.45, 2.75) is 13.0 Å². The van der Waals surface area contributed by atoms with Gasteiger partial charge in [-0.1, -0.05) is 12.1 Å². The highest BCUT2D eigenvalue weighted by molar-refractivity contribution is 7.90. The Morgan fingerprint density at radius 3 is 2.83 bits per heavy atom. The number of sulfonamides is 1. The Balaban J connectivity index is 1.37. The normalized spacial score (nSPS) is 17.3. The number of carbonyl (C=O) groups excluding carboxylic acids is 1. The van der Waals surface area contributed by atoms with E-state index in [4.69, 9.17) is 4.74 Å². The second kappa shape index (κ2) is 7.75. The van der Waals surface area contributed by atoms with Crippen LogP contribution in [0.15, 0.2) is 62.2 Å². The van der Waals surface area contributed by atoms with Gasteiger partial charge in [-0.25, -0.2) is 18.0 Å². The molecule has 2 aliphatic heterocycles. The zero-order valence-corrected chi connectivity index (χ0v) is 16.6. The van der Waals surface area contributed by atoms with E-state index < -0.39 is 27.2 Å². The molecule has 2 aliphatic rings. The topological polar surface area (TPSA) is 131 Å². The second-order valence-electron chi connectivity index (χ2n) is 6.77. The van der Waals surface area contributed by atoms with E-state index >= 15 is 0 Å². The molecule has 0 radical (unpaired) electrons. The van der Waals surface area contributed by atoms with Crippen molar-refractivity contribution in [2.24, 2.45) is 4.40 Å². The first-order valence-electron chi connectivity index (χ1n) is 9.22. The first-order valence-corrected chi connectivity index (χ1v) is 10.8. The van der Waals surface area contributed by atoms with Crippen LogP contribution < -0.4 is 11.2 Å². The molecule has 1 N–H and O–H groups in total. The number of amidine groups is 1. The summed E-state index contributed by atoms with van der Waals surface area (Å²) in [5.41, 5.74) is -0.186. The van der Waals surface area contributed by atoms with Gasteiger partial charge in [0.25, 0.3) is 15.6 Å². The molecule has 0 fully saturated rings. The zero-order valence-electron chi connectivity index (χ0n) is 15.8. The van der Waals surface area contributed by atoms with Gasteiger partial charge >= 0.3 is 11.7 Å². The Morgan fingerprint density at radius 2 is 2.00 bits per heavy atom. The van der Waals surface area contributed by atoms with E-state index in [-0.39, 0.29) is 43.3 Å². The lowest BCUT2D eigenvalue weighted by atomic mass is 10.2. The standard InChI is InChI=1S/C19H18N4O6S/c24-17-14-4-1-2-5-15(14)20-19(26)23(17)8-3-10-29-18(25)13-6-7-16-21-30(27,28)11-9-22(16)12-13/h1-2,4-7,12H,3,8-11H2,(H,20,26). The molecule has 3 heterocycles. The van der Waals surface area contributed by atoms with Crippen LogP contribution in [0.1, 0.15) is 6.42 Å².